The van der Waals surface area contributed by atoms with E-state index in [4.69, 9.17) is 5.73 Å². The van der Waals surface area contributed by atoms with Crippen LogP contribution in [0.2, 0.25) is 0 Å². The average Bonchev–Trinajstić information content (AvgIpc) is 2.73. The lowest BCUT2D eigenvalue weighted by molar-refractivity contribution is -0.384. The van der Waals surface area contributed by atoms with Gasteiger partial charge in [-0.05, 0) is 23.8 Å². The third-order valence-electron chi connectivity index (χ3n) is 4.22. The summed E-state index contributed by atoms with van der Waals surface area (Å²) in [7, 11) is 0. The topological polar surface area (TPSA) is 206 Å². The van der Waals surface area contributed by atoms with Crippen LogP contribution in [0, 0.1) is 10.1 Å². The maximum Gasteiger partial charge on any atom is 0.332 e. The number of urea groups is 1. The number of carbonyl (C=O) groups is 2. The summed E-state index contributed by atoms with van der Waals surface area (Å²) in [5.74, 6) is -0.279. The van der Waals surface area contributed by atoms with Gasteiger partial charge in [0.15, 0.2) is 5.69 Å². The largest absolute Gasteiger partial charge is 0.382 e. The third kappa shape index (κ3) is 4.91. The Labute approximate surface area is 179 Å². The van der Waals surface area contributed by atoms with Gasteiger partial charge in [0.1, 0.15) is 11.8 Å². The van der Waals surface area contributed by atoms with Gasteiger partial charge in [0, 0.05) is 24.7 Å². The number of aromatic nitrogens is 2. The standard InChI is InChI=1S/C19H17N7O6/c1-9(27)21-11-4-2-10(3-5-11)17(28)15(24-25-19(20)30)16-18(29)23-14-8-12(26(31)32)6-7-13(14)22-16/h2-8,17,28H,1H3,(H,21,27)(H,23,29)(H3,20,25,30)/b24-15+. The number of nitrogens with zero attached hydrogens (tertiary/aromatic N) is 3. The number of fused-ring (bicyclic) bond motifs is 1. The Bertz CT molecular complexity index is 1300. The minimum absolute atomic E-state index is 0.101. The fourth-order valence-electron chi connectivity index (χ4n) is 2.83. The number of non-ortho nitro benzene ring substituents is 1. The van der Waals surface area contributed by atoms with Crippen LogP contribution in [-0.2, 0) is 4.79 Å². The summed E-state index contributed by atoms with van der Waals surface area (Å²) < 4.78 is 0. The number of primary amides is 1. The van der Waals surface area contributed by atoms with Gasteiger partial charge in [-0.3, -0.25) is 19.7 Å². The normalized spacial score (nSPS) is 12.2. The Morgan fingerprint density at radius 2 is 1.94 bits per heavy atom. The molecule has 0 aliphatic carbocycles. The minimum atomic E-state index is -1.52. The van der Waals surface area contributed by atoms with Crippen molar-refractivity contribution in [3.8, 4) is 0 Å². The van der Waals surface area contributed by atoms with Crippen molar-refractivity contribution in [3.05, 3.63) is 74.2 Å². The first-order chi connectivity index (χ1) is 15.2. The van der Waals surface area contributed by atoms with Gasteiger partial charge in [-0.25, -0.2) is 15.2 Å². The van der Waals surface area contributed by atoms with Crippen LogP contribution in [0.25, 0.3) is 11.0 Å². The van der Waals surface area contributed by atoms with E-state index in [1.807, 2.05) is 5.43 Å². The van der Waals surface area contributed by atoms with E-state index in [0.717, 1.165) is 6.07 Å². The fraction of sp³-hybridized carbons (Fsp3) is 0.105. The van der Waals surface area contributed by atoms with E-state index in [9.17, 15) is 29.6 Å². The van der Waals surface area contributed by atoms with Crippen LogP contribution in [0.5, 0.6) is 0 Å². The number of aliphatic hydroxyl groups is 1. The zero-order valence-electron chi connectivity index (χ0n) is 16.5. The molecule has 0 radical (unpaired) electrons. The second-order valence-electron chi connectivity index (χ2n) is 6.55. The number of rotatable bonds is 6. The van der Waals surface area contributed by atoms with Crippen LogP contribution in [0.4, 0.5) is 16.2 Å². The third-order valence-corrected chi connectivity index (χ3v) is 4.22. The van der Waals surface area contributed by atoms with E-state index in [-0.39, 0.29) is 39.6 Å². The molecule has 1 aromatic heterocycles. The van der Waals surface area contributed by atoms with Gasteiger partial charge in [-0.15, -0.1) is 0 Å². The Balaban J connectivity index is 2.07. The summed E-state index contributed by atoms with van der Waals surface area (Å²) in [5, 5.41) is 28.1. The molecule has 0 saturated carbocycles. The van der Waals surface area contributed by atoms with Crippen molar-refractivity contribution in [2.24, 2.45) is 10.8 Å². The van der Waals surface area contributed by atoms with Crippen molar-refractivity contribution in [3.63, 3.8) is 0 Å². The van der Waals surface area contributed by atoms with E-state index in [2.05, 4.69) is 20.4 Å². The molecule has 13 nitrogen and oxygen atoms in total. The predicted molar refractivity (Wildman–Crippen MR) is 114 cm³/mol. The molecular formula is C19H17N7O6. The number of nitrogens with two attached hydrogens (primary N) is 1. The van der Waals surface area contributed by atoms with Gasteiger partial charge < -0.3 is 21.1 Å². The summed E-state index contributed by atoms with van der Waals surface area (Å²) in [5.41, 5.74) is 6.33. The summed E-state index contributed by atoms with van der Waals surface area (Å²) in [6, 6.07) is 8.63. The Hall–Kier alpha value is -4.65. The Morgan fingerprint density at radius 1 is 1.25 bits per heavy atom. The van der Waals surface area contributed by atoms with Crippen molar-refractivity contribution in [2.45, 2.75) is 13.0 Å². The van der Waals surface area contributed by atoms with E-state index in [0.29, 0.717) is 5.69 Å². The van der Waals surface area contributed by atoms with Crippen LogP contribution in [0.1, 0.15) is 24.3 Å². The molecule has 0 bridgehead atoms. The molecule has 1 heterocycles. The number of hydrogen-bond acceptors (Lipinski definition) is 8. The highest BCUT2D eigenvalue weighted by molar-refractivity contribution is 6.03. The van der Waals surface area contributed by atoms with Crippen molar-refractivity contribution in [1.82, 2.24) is 15.4 Å². The maximum atomic E-state index is 12.6. The van der Waals surface area contributed by atoms with Gasteiger partial charge >= 0.3 is 6.03 Å². The molecule has 6 N–H and O–H groups in total. The molecule has 1 atom stereocenters. The van der Waals surface area contributed by atoms with E-state index >= 15 is 0 Å². The number of anilines is 1. The Morgan fingerprint density at radius 3 is 2.53 bits per heavy atom. The molecular weight excluding hydrogens is 422 g/mol. The number of aromatic amines is 1. The predicted octanol–water partition coefficient (Wildman–Crippen LogP) is 0.896. The SMILES string of the molecule is CC(=O)Nc1ccc(C(O)/C(=N/NC(N)=O)c2nc3ccc([N+](=O)[O-])cc3[nH]c2=O)cc1. The Kier molecular flexibility index (Phi) is 6.21. The molecule has 0 spiro atoms. The highest BCUT2D eigenvalue weighted by Gasteiger charge is 2.23. The number of amides is 3. The number of hydrogen-bond donors (Lipinski definition) is 5. The molecule has 0 fully saturated rings. The zero-order chi connectivity index (χ0) is 23.4. The van der Waals surface area contributed by atoms with Gasteiger partial charge in [0.05, 0.1) is 16.0 Å². The molecule has 3 aromatic rings. The molecule has 0 aliphatic rings. The van der Waals surface area contributed by atoms with Gasteiger partial charge in [0.2, 0.25) is 5.91 Å². The first-order valence-electron chi connectivity index (χ1n) is 9.03. The summed E-state index contributed by atoms with van der Waals surface area (Å²) in [4.78, 5) is 51.9. The lowest BCUT2D eigenvalue weighted by Gasteiger charge is -2.14. The second-order valence-corrected chi connectivity index (χ2v) is 6.55. The van der Waals surface area contributed by atoms with Crippen LogP contribution in [0.15, 0.2) is 52.4 Å². The zero-order valence-corrected chi connectivity index (χ0v) is 16.5. The number of carbonyl (C=O) groups excluding carboxylic acids is 2. The highest BCUT2D eigenvalue weighted by Crippen LogP contribution is 2.21. The molecule has 0 aliphatic heterocycles. The van der Waals surface area contributed by atoms with E-state index < -0.39 is 22.6 Å². The number of nitrogens with one attached hydrogen (secondary N) is 3. The highest BCUT2D eigenvalue weighted by atomic mass is 16.6. The molecule has 164 valence electrons. The van der Waals surface area contributed by atoms with E-state index in [1.54, 1.807) is 0 Å². The van der Waals surface area contributed by atoms with Crippen molar-refractivity contribution < 1.29 is 19.6 Å². The molecule has 2 aromatic carbocycles. The lowest BCUT2D eigenvalue weighted by atomic mass is 10.0. The second kappa shape index (κ2) is 9.01. The number of H-pyrrole nitrogens is 1. The molecule has 13 heteroatoms. The molecule has 3 amide bonds. The minimum Gasteiger partial charge on any atom is -0.382 e. The molecule has 3 rings (SSSR count). The first kappa shape index (κ1) is 22.0. The van der Waals surface area contributed by atoms with Gasteiger partial charge in [0.25, 0.3) is 11.2 Å². The maximum absolute atomic E-state index is 12.6. The lowest BCUT2D eigenvalue weighted by Crippen LogP contribution is -2.31. The van der Waals surface area contributed by atoms with Gasteiger partial charge in [-0.2, -0.15) is 5.10 Å². The van der Waals surface area contributed by atoms with Gasteiger partial charge in [-0.1, -0.05) is 12.1 Å². The molecule has 1 unspecified atom stereocenters. The van der Waals surface area contributed by atoms with Crippen LogP contribution in [-0.4, -0.2) is 37.6 Å². The van der Waals surface area contributed by atoms with Crippen molar-refractivity contribution in [2.75, 3.05) is 5.32 Å². The molecule has 0 saturated heterocycles. The van der Waals surface area contributed by atoms with Crippen LogP contribution < -0.4 is 22.0 Å². The summed E-state index contributed by atoms with van der Waals surface area (Å²) in [6.45, 7) is 1.34. The van der Waals surface area contributed by atoms with Crippen molar-refractivity contribution >= 4 is 40.1 Å². The monoisotopic (exact) mass is 439 g/mol. The first-order valence-corrected chi connectivity index (χ1v) is 9.03. The summed E-state index contributed by atoms with van der Waals surface area (Å²) in [6.07, 6.45) is -1.52. The van der Waals surface area contributed by atoms with Crippen molar-refractivity contribution in [1.29, 1.82) is 0 Å². The van der Waals surface area contributed by atoms with E-state index in [1.165, 1.54) is 43.3 Å². The van der Waals surface area contributed by atoms with Crippen LogP contribution in [0.3, 0.4) is 0 Å². The fourth-order valence-corrected chi connectivity index (χ4v) is 2.83. The number of benzene rings is 2. The molecule has 32 heavy (non-hydrogen) atoms. The number of hydrazone groups is 1. The number of nitro groups is 1. The number of aliphatic hydroxyl groups excluding tert-OH is 1. The quantitative estimate of drug-likeness (QED) is 0.213. The number of nitro benzene ring substituents is 1. The van der Waals surface area contributed by atoms with Crippen LogP contribution >= 0.6 is 0 Å². The smallest absolute Gasteiger partial charge is 0.332 e. The summed E-state index contributed by atoms with van der Waals surface area (Å²) >= 11 is 0. The average molecular weight is 439 g/mol.